The van der Waals surface area contributed by atoms with Gasteiger partial charge >= 0.3 is 0 Å². The van der Waals surface area contributed by atoms with Crippen molar-refractivity contribution in [3.8, 4) is 17.6 Å². The zero-order valence-electron chi connectivity index (χ0n) is 9.27. The Morgan fingerprint density at radius 3 is 2.59 bits per heavy atom. The Hall–Kier alpha value is -2.28. The number of halogens is 1. The van der Waals surface area contributed by atoms with Crippen LogP contribution in [0.3, 0.4) is 0 Å². The molecule has 2 rings (SSSR count). The zero-order chi connectivity index (χ0) is 12.3. The molecule has 0 aromatic heterocycles. The summed E-state index contributed by atoms with van der Waals surface area (Å²) in [5, 5.41) is 8.89. The quantitative estimate of drug-likeness (QED) is 0.729. The molecule has 82 valence electrons. The van der Waals surface area contributed by atoms with Crippen LogP contribution >= 0.6 is 0 Å². The molecule has 0 radical (unpaired) electrons. The minimum Gasteiger partial charge on any atom is -0.457 e. The third-order valence-electron chi connectivity index (χ3n) is 2.36. The molecule has 0 aliphatic carbocycles. The predicted octanol–water partition coefficient (Wildman–Crippen LogP) is 1.75. The highest BCUT2D eigenvalue weighted by Gasteiger charge is 2.02. The van der Waals surface area contributed by atoms with Crippen molar-refractivity contribution >= 4 is 13.3 Å². The van der Waals surface area contributed by atoms with Crippen molar-refractivity contribution in [3.05, 3.63) is 53.8 Å². The van der Waals surface area contributed by atoms with E-state index in [0.717, 1.165) is 5.46 Å². The number of hydrogen-bond donors (Lipinski definition) is 0. The van der Waals surface area contributed by atoms with Crippen LogP contribution in [0.4, 0.5) is 4.39 Å². The number of rotatable bonds is 2. The van der Waals surface area contributed by atoms with E-state index < -0.39 is 0 Å². The lowest BCUT2D eigenvalue weighted by atomic mass is 9.91. The Kier molecular flexibility index (Phi) is 3.11. The normalized spacial score (nSPS) is 9.65. The van der Waals surface area contributed by atoms with Crippen molar-refractivity contribution in [1.82, 2.24) is 0 Å². The molecule has 17 heavy (non-hydrogen) atoms. The topological polar surface area (TPSA) is 33.0 Å². The fourth-order valence-electron chi connectivity index (χ4n) is 1.45. The van der Waals surface area contributed by atoms with Crippen LogP contribution in [-0.2, 0) is 0 Å². The molecule has 0 heterocycles. The van der Waals surface area contributed by atoms with E-state index in [2.05, 4.69) is 6.07 Å². The van der Waals surface area contributed by atoms with Crippen molar-refractivity contribution in [3.63, 3.8) is 0 Å². The monoisotopic (exact) mass is 225 g/mol. The third-order valence-corrected chi connectivity index (χ3v) is 2.36. The summed E-state index contributed by atoms with van der Waals surface area (Å²) in [6.07, 6.45) is 0. The smallest absolute Gasteiger partial charge is 0.141 e. The van der Waals surface area contributed by atoms with E-state index in [1.165, 1.54) is 12.1 Å². The first-order valence-electron chi connectivity index (χ1n) is 5.13. The molecule has 2 aromatic carbocycles. The molecule has 2 nitrogen and oxygen atoms in total. The summed E-state index contributed by atoms with van der Waals surface area (Å²) in [5.41, 5.74) is 1.44. The highest BCUT2D eigenvalue weighted by atomic mass is 19.1. The molecule has 0 fully saturated rings. The Bertz CT molecular complexity index is 592. The second-order valence-corrected chi connectivity index (χ2v) is 3.65. The summed E-state index contributed by atoms with van der Waals surface area (Å²) in [4.78, 5) is 0. The van der Waals surface area contributed by atoms with Crippen molar-refractivity contribution in [2.75, 3.05) is 0 Å². The van der Waals surface area contributed by atoms with E-state index >= 15 is 0 Å². The van der Waals surface area contributed by atoms with Crippen LogP contribution in [0.1, 0.15) is 5.56 Å². The summed E-state index contributed by atoms with van der Waals surface area (Å²) < 4.78 is 18.4. The average Bonchev–Trinajstić information content (AvgIpc) is 2.32. The van der Waals surface area contributed by atoms with Crippen LogP contribution in [0, 0.1) is 17.1 Å². The molecule has 0 N–H and O–H groups in total. The van der Waals surface area contributed by atoms with Crippen LogP contribution in [-0.4, -0.2) is 7.85 Å². The summed E-state index contributed by atoms with van der Waals surface area (Å²) in [6.45, 7) is 0. The third kappa shape index (κ3) is 2.64. The van der Waals surface area contributed by atoms with Gasteiger partial charge in [0.1, 0.15) is 25.2 Å². The molecular formula is C13H9BFNO. The van der Waals surface area contributed by atoms with Gasteiger partial charge in [-0.05, 0) is 24.3 Å². The molecule has 0 unspecified atom stereocenters. The van der Waals surface area contributed by atoms with Crippen LogP contribution < -0.4 is 10.2 Å². The van der Waals surface area contributed by atoms with E-state index in [-0.39, 0.29) is 5.82 Å². The van der Waals surface area contributed by atoms with Crippen LogP contribution in [0.2, 0.25) is 0 Å². The number of hydrogen-bond acceptors (Lipinski definition) is 2. The molecular weight excluding hydrogens is 216 g/mol. The van der Waals surface area contributed by atoms with Gasteiger partial charge in [-0.15, -0.1) is 0 Å². The summed E-state index contributed by atoms with van der Waals surface area (Å²) in [6, 6.07) is 13.2. The van der Waals surface area contributed by atoms with Gasteiger partial charge in [-0.25, -0.2) is 4.39 Å². The molecule has 0 saturated heterocycles. The summed E-state index contributed by atoms with van der Waals surface area (Å²) in [5.74, 6) is 0.589. The largest absolute Gasteiger partial charge is 0.457 e. The standard InChI is InChI=1S/C13H9BFNO/c14-13-5-4-12(6-9(13)8-16)17-11-3-1-2-10(15)7-11/h1-7H,14H2. The first kappa shape index (κ1) is 11.2. The lowest BCUT2D eigenvalue weighted by molar-refractivity contribution is 0.477. The maximum absolute atomic E-state index is 12.9. The van der Waals surface area contributed by atoms with E-state index in [1.54, 1.807) is 30.3 Å². The van der Waals surface area contributed by atoms with E-state index in [4.69, 9.17) is 10.00 Å². The van der Waals surface area contributed by atoms with Gasteiger partial charge in [0, 0.05) is 11.6 Å². The maximum atomic E-state index is 12.9. The Morgan fingerprint density at radius 1 is 1.12 bits per heavy atom. The maximum Gasteiger partial charge on any atom is 0.141 e. The van der Waals surface area contributed by atoms with E-state index in [1.807, 2.05) is 7.85 Å². The summed E-state index contributed by atoms with van der Waals surface area (Å²) in [7, 11) is 1.85. The first-order valence-corrected chi connectivity index (χ1v) is 5.13. The number of nitriles is 1. The molecule has 0 bridgehead atoms. The van der Waals surface area contributed by atoms with Gasteiger partial charge < -0.3 is 4.74 Å². The number of benzene rings is 2. The van der Waals surface area contributed by atoms with Crippen molar-refractivity contribution in [2.45, 2.75) is 0 Å². The fourth-order valence-corrected chi connectivity index (χ4v) is 1.45. The van der Waals surface area contributed by atoms with Crippen molar-refractivity contribution in [2.24, 2.45) is 0 Å². The molecule has 0 aliphatic heterocycles. The predicted molar refractivity (Wildman–Crippen MR) is 65.8 cm³/mol. The zero-order valence-corrected chi connectivity index (χ0v) is 9.27. The van der Waals surface area contributed by atoms with E-state index in [0.29, 0.717) is 17.1 Å². The molecule has 4 heteroatoms. The van der Waals surface area contributed by atoms with Gasteiger partial charge in [-0.1, -0.05) is 17.6 Å². The van der Waals surface area contributed by atoms with Crippen LogP contribution in [0.25, 0.3) is 0 Å². The van der Waals surface area contributed by atoms with E-state index in [9.17, 15) is 4.39 Å². The van der Waals surface area contributed by atoms with Gasteiger partial charge in [0.25, 0.3) is 0 Å². The molecule has 2 aromatic rings. The average molecular weight is 225 g/mol. The minimum absolute atomic E-state index is 0.352. The van der Waals surface area contributed by atoms with Gasteiger partial charge in [0.2, 0.25) is 0 Å². The lowest BCUT2D eigenvalue weighted by Crippen LogP contribution is -2.06. The van der Waals surface area contributed by atoms with Crippen LogP contribution in [0.15, 0.2) is 42.5 Å². The second kappa shape index (κ2) is 4.71. The van der Waals surface area contributed by atoms with Gasteiger partial charge in [-0.2, -0.15) is 5.26 Å². The van der Waals surface area contributed by atoms with Gasteiger partial charge in [-0.3, -0.25) is 0 Å². The number of nitrogens with zero attached hydrogens (tertiary/aromatic N) is 1. The SMILES string of the molecule is Bc1ccc(Oc2cccc(F)c2)cc1C#N. The Morgan fingerprint density at radius 2 is 1.88 bits per heavy atom. The summed E-state index contributed by atoms with van der Waals surface area (Å²) >= 11 is 0. The molecule has 0 saturated carbocycles. The van der Waals surface area contributed by atoms with Crippen molar-refractivity contribution in [1.29, 1.82) is 5.26 Å². The Labute approximate surface area is 99.7 Å². The minimum atomic E-state index is -0.352. The fraction of sp³-hybridized carbons (Fsp3) is 0. The lowest BCUT2D eigenvalue weighted by Gasteiger charge is -2.06. The van der Waals surface area contributed by atoms with Crippen molar-refractivity contribution < 1.29 is 9.13 Å². The van der Waals surface area contributed by atoms with Gasteiger partial charge in [0.05, 0.1) is 6.07 Å². The first-order chi connectivity index (χ1) is 8.19. The molecule has 0 aliphatic rings. The Balaban J connectivity index is 2.28. The number of ether oxygens (including phenoxy) is 1. The second-order valence-electron chi connectivity index (χ2n) is 3.65. The highest BCUT2D eigenvalue weighted by Crippen LogP contribution is 2.21. The molecule has 0 spiro atoms. The van der Waals surface area contributed by atoms with Gasteiger partial charge in [0.15, 0.2) is 0 Å². The molecule has 0 atom stereocenters. The molecule has 0 amide bonds. The van der Waals surface area contributed by atoms with Crippen LogP contribution in [0.5, 0.6) is 11.5 Å². The highest BCUT2D eigenvalue weighted by molar-refractivity contribution is 6.33.